The van der Waals surface area contributed by atoms with Crippen molar-refractivity contribution >= 4 is 0 Å². The molecule has 19 heavy (non-hydrogen) atoms. The van der Waals surface area contributed by atoms with Gasteiger partial charge in [0.1, 0.15) is 5.69 Å². The maximum atomic E-state index is 6.27. The molecule has 1 fully saturated rings. The maximum absolute atomic E-state index is 6.27. The average molecular weight is 266 g/mol. The first-order valence-electron chi connectivity index (χ1n) is 6.70. The number of nitrogens with two attached hydrogens (primary N) is 1. The predicted octanol–water partition coefficient (Wildman–Crippen LogP) is 0.596. The molecule has 6 heteroatoms. The zero-order chi connectivity index (χ0) is 13.7. The Balaban J connectivity index is 2.07. The largest absolute Gasteiger partial charge is 0.480 e. The summed E-state index contributed by atoms with van der Waals surface area (Å²) in [6.07, 6.45) is 4.30. The van der Waals surface area contributed by atoms with Crippen LogP contribution >= 0.6 is 0 Å². The molecule has 106 valence electrons. The average Bonchev–Trinajstić information content (AvgIpc) is 2.47. The van der Waals surface area contributed by atoms with Gasteiger partial charge in [0.25, 0.3) is 0 Å². The van der Waals surface area contributed by atoms with Crippen LogP contribution in [0.2, 0.25) is 0 Å². The van der Waals surface area contributed by atoms with Gasteiger partial charge >= 0.3 is 0 Å². The van der Waals surface area contributed by atoms with E-state index in [1.807, 2.05) is 0 Å². The summed E-state index contributed by atoms with van der Waals surface area (Å²) in [6.45, 7) is 5.75. The summed E-state index contributed by atoms with van der Waals surface area (Å²) in [5.74, 6) is 0.478. The normalized spacial score (nSPS) is 22.2. The molecular weight excluding hydrogens is 244 g/mol. The second-order valence-electron chi connectivity index (χ2n) is 4.69. The van der Waals surface area contributed by atoms with Crippen LogP contribution in [0.15, 0.2) is 12.4 Å². The van der Waals surface area contributed by atoms with E-state index < -0.39 is 0 Å². The number of aromatic nitrogens is 2. The molecule has 0 bridgehead atoms. The van der Waals surface area contributed by atoms with Crippen LogP contribution in [-0.2, 0) is 4.74 Å². The first kappa shape index (κ1) is 14.2. The lowest BCUT2D eigenvalue weighted by Crippen LogP contribution is -2.47. The molecule has 0 radical (unpaired) electrons. The minimum absolute atomic E-state index is 0.0640. The third-order valence-electron chi connectivity index (χ3n) is 3.32. The van der Waals surface area contributed by atoms with E-state index in [-0.39, 0.29) is 12.1 Å². The van der Waals surface area contributed by atoms with Crippen molar-refractivity contribution in [2.45, 2.75) is 25.5 Å². The van der Waals surface area contributed by atoms with Crippen LogP contribution in [0, 0.1) is 0 Å². The Morgan fingerprint density at radius 1 is 1.53 bits per heavy atom. The molecule has 1 saturated heterocycles. The summed E-state index contributed by atoms with van der Waals surface area (Å²) in [4.78, 5) is 10.8. The van der Waals surface area contributed by atoms with Gasteiger partial charge in [-0.1, -0.05) is 6.92 Å². The van der Waals surface area contributed by atoms with E-state index in [1.54, 1.807) is 19.5 Å². The SMILES string of the molecule is CCCN1CCOC(C(N)c2nccnc2OC)C1. The summed E-state index contributed by atoms with van der Waals surface area (Å²) in [5.41, 5.74) is 6.93. The van der Waals surface area contributed by atoms with Crippen LogP contribution in [0.3, 0.4) is 0 Å². The second-order valence-corrected chi connectivity index (χ2v) is 4.69. The first-order valence-corrected chi connectivity index (χ1v) is 6.70. The van der Waals surface area contributed by atoms with Crippen molar-refractivity contribution in [1.29, 1.82) is 0 Å². The van der Waals surface area contributed by atoms with Gasteiger partial charge in [-0.05, 0) is 13.0 Å². The third-order valence-corrected chi connectivity index (χ3v) is 3.32. The molecule has 0 aliphatic carbocycles. The highest BCUT2D eigenvalue weighted by molar-refractivity contribution is 5.22. The van der Waals surface area contributed by atoms with Crippen LogP contribution in [0.25, 0.3) is 0 Å². The minimum Gasteiger partial charge on any atom is -0.480 e. The van der Waals surface area contributed by atoms with E-state index in [0.717, 1.165) is 26.1 Å². The van der Waals surface area contributed by atoms with Crippen LogP contribution in [0.5, 0.6) is 5.88 Å². The monoisotopic (exact) mass is 266 g/mol. The van der Waals surface area contributed by atoms with Gasteiger partial charge in [0.15, 0.2) is 0 Å². The van der Waals surface area contributed by atoms with Crippen LogP contribution in [0.4, 0.5) is 0 Å². The van der Waals surface area contributed by atoms with E-state index in [9.17, 15) is 0 Å². The Morgan fingerprint density at radius 3 is 3.05 bits per heavy atom. The van der Waals surface area contributed by atoms with Crippen molar-refractivity contribution < 1.29 is 9.47 Å². The van der Waals surface area contributed by atoms with Gasteiger partial charge in [-0.2, -0.15) is 0 Å². The zero-order valence-electron chi connectivity index (χ0n) is 11.6. The van der Waals surface area contributed by atoms with E-state index in [0.29, 0.717) is 18.2 Å². The number of nitrogens with zero attached hydrogens (tertiary/aromatic N) is 3. The smallest absolute Gasteiger partial charge is 0.237 e. The molecule has 6 nitrogen and oxygen atoms in total. The molecule has 1 aliphatic rings. The van der Waals surface area contributed by atoms with E-state index >= 15 is 0 Å². The molecule has 0 amide bonds. The molecule has 1 aliphatic heterocycles. The van der Waals surface area contributed by atoms with Gasteiger partial charge in [0.05, 0.1) is 25.9 Å². The van der Waals surface area contributed by atoms with Crippen LogP contribution in [-0.4, -0.2) is 54.3 Å². The fourth-order valence-corrected chi connectivity index (χ4v) is 2.37. The molecule has 2 atom stereocenters. The summed E-state index contributed by atoms with van der Waals surface area (Å²) in [5, 5.41) is 0. The van der Waals surface area contributed by atoms with Crippen molar-refractivity contribution in [2.75, 3.05) is 33.4 Å². The predicted molar refractivity (Wildman–Crippen MR) is 72.0 cm³/mol. The van der Waals surface area contributed by atoms with Crippen molar-refractivity contribution in [1.82, 2.24) is 14.9 Å². The molecule has 0 spiro atoms. The highest BCUT2D eigenvalue weighted by Crippen LogP contribution is 2.24. The van der Waals surface area contributed by atoms with Crippen molar-refractivity contribution in [2.24, 2.45) is 5.73 Å². The van der Waals surface area contributed by atoms with Crippen molar-refractivity contribution in [3.05, 3.63) is 18.1 Å². The lowest BCUT2D eigenvalue weighted by Gasteiger charge is -2.35. The number of methoxy groups -OCH3 is 1. The molecule has 0 aromatic carbocycles. The van der Waals surface area contributed by atoms with Gasteiger partial charge in [-0.15, -0.1) is 0 Å². The summed E-state index contributed by atoms with van der Waals surface area (Å²) < 4.78 is 11.0. The number of morpholine rings is 1. The Labute approximate surface area is 113 Å². The number of rotatable bonds is 5. The maximum Gasteiger partial charge on any atom is 0.237 e. The Bertz CT molecular complexity index is 400. The number of ether oxygens (including phenoxy) is 2. The molecule has 1 aromatic rings. The van der Waals surface area contributed by atoms with Crippen molar-refractivity contribution in [3.8, 4) is 5.88 Å². The van der Waals surface area contributed by atoms with Gasteiger partial charge < -0.3 is 15.2 Å². The lowest BCUT2D eigenvalue weighted by molar-refractivity contribution is -0.0417. The van der Waals surface area contributed by atoms with Crippen LogP contribution < -0.4 is 10.5 Å². The highest BCUT2D eigenvalue weighted by atomic mass is 16.5. The Kier molecular flexibility index (Phi) is 5.07. The van der Waals surface area contributed by atoms with Crippen LogP contribution in [0.1, 0.15) is 25.1 Å². The molecule has 2 heterocycles. The number of hydrogen-bond acceptors (Lipinski definition) is 6. The quantitative estimate of drug-likeness (QED) is 0.841. The summed E-state index contributed by atoms with van der Waals surface area (Å²) in [7, 11) is 1.57. The highest BCUT2D eigenvalue weighted by Gasteiger charge is 2.29. The van der Waals surface area contributed by atoms with Gasteiger partial charge in [0.2, 0.25) is 5.88 Å². The third kappa shape index (κ3) is 3.40. The minimum atomic E-state index is -0.316. The fraction of sp³-hybridized carbons (Fsp3) is 0.692. The topological polar surface area (TPSA) is 73.5 Å². The lowest BCUT2D eigenvalue weighted by atomic mass is 10.1. The standard InChI is InChI=1S/C13H22N4O2/c1-3-6-17-7-8-19-10(9-17)11(14)12-13(18-2)16-5-4-15-12/h4-5,10-11H,3,6-9,14H2,1-2H3. The van der Waals surface area contributed by atoms with E-state index in [1.165, 1.54) is 0 Å². The van der Waals surface area contributed by atoms with Gasteiger partial charge in [-0.25, -0.2) is 4.98 Å². The van der Waals surface area contributed by atoms with E-state index in [4.69, 9.17) is 15.2 Å². The van der Waals surface area contributed by atoms with Crippen molar-refractivity contribution in [3.63, 3.8) is 0 Å². The van der Waals surface area contributed by atoms with E-state index in [2.05, 4.69) is 21.8 Å². The number of hydrogen-bond donors (Lipinski definition) is 1. The molecule has 2 N–H and O–H groups in total. The molecule has 1 aromatic heterocycles. The zero-order valence-corrected chi connectivity index (χ0v) is 11.6. The summed E-state index contributed by atoms with van der Waals surface area (Å²) in [6, 6.07) is -0.316. The second kappa shape index (κ2) is 6.79. The first-order chi connectivity index (χ1) is 9.26. The Morgan fingerprint density at radius 2 is 2.32 bits per heavy atom. The fourth-order valence-electron chi connectivity index (χ4n) is 2.37. The van der Waals surface area contributed by atoms with Gasteiger partial charge in [-0.3, -0.25) is 9.88 Å². The molecule has 2 rings (SSSR count). The molecule has 0 saturated carbocycles. The molecular formula is C13H22N4O2. The summed E-state index contributed by atoms with van der Waals surface area (Å²) >= 11 is 0. The van der Waals surface area contributed by atoms with Gasteiger partial charge in [0, 0.05) is 25.5 Å². The Hall–Kier alpha value is -1.24. The molecule has 2 unspecified atom stereocenters.